The minimum Gasteiger partial charge on any atom is -0.486 e. The van der Waals surface area contributed by atoms with Crippen LogP contribution in [0.2, 0.25) is 0 Å². The fourth-order valence-electron chi connectivity index (χ4n) is 2.89. The molecule has 0 bridgehead atoms. The Kier molecular flexibility index (Phi) is 3.35. The first-order valence-corrected chi connectivity index (χ1v) is 6.72. The highest BCUT2D eigenvalue weighted by Crippen LogP contribution is 2.40. The zero-order valence-corrected chi connectivity index (χ0v) is 11.1. The van der Waals surface area contributed by atoms with Crippen LogP contribution in [0, 0.1) is 0 Å². The van der Waals surface area contributed by atoms with Crippen molar-refractivity contribution >= 4 is 0 Å². The fraction of sp³-hybridized carbons (Fsp3) is 0.571. The third-order valence-corrected chi connectivity index (χ3v) is 3.93. The second-order valence-corrected chi connectivity index (χ2v) is 5.27. The van der Waals surface area contributed by atoms with Crippen LogP contribution < -0.4 is 20.7 Å². The summed E-state index contributed by atoms with van der Waals surface area (Å²) in [5.74, 6) is 7.32. The topological polar surface area (TPSA) is 65.7 Å². The summed E-state index contributed by atoms with van der Waals surface area (Å²) in [7, 11) is 0. The molecule has 1 fully saturated rings. The number of hydrazine groups is 1. The van der Waals surface area contributed by atoms with E-state index in [-0.39, 0.29) is 11.6 Å². The van der Waals surface area contributed by atoms with E-state index < -0.39 is 0 Å². The van der Waals surface area contributed by atoms with E-state index in [1.807, 2.05) is 18.2 Å². The van der Waals surface area contributed by atoms with Gasteiger partial charge in [-0.1, -0.05) is 6.07 Å². The molecule has 2 atom stereocenters. The first-order valence-electron chi connectivity index (χ1n) is 6.72. The molecule has 19 heavy (non-hydrogen) atoms. The van der Waals surface area contributed by atoms with E-state index >= 15 is 0 Å². The molecule has 1 saturated heterocycles. The van der Waals surface area contributed by atoms with Crippen LogP contribution in [-0.2, 0) is 4.74 Å². The lowest BCUT2D eigenvalue weighted by atomic mass is 9.88. The van der Waals surface area contributed by atoms with Gasteiger partial charge in [0.25, 0.3) is 0 Å². The molecule has 3 N–H and O–H groups in total. The summed E-state index contributed by atoms with van der Waals surface area (Å²) in [4.78, 5) is 0. The number of benzene rings is 1. The number of nitrogens with one attached hydrogen (secondary N) is 1. The lowest BCUT2D eigenvalue weighted by Gasteiger charge is -2.33. The number of hydrogen-bond donors (Lipinski definition) is 2. The maximum Gasteiger partial charge on any atom is 0.161 e. The lowest BCUT2D eigenvalue weighted by molar-refractivity contribution is -0.0126. The molecular formula is C14H20N2O3. The van der Waals surface area contributed by atoms with Crippen molar-refractivity contribution in [3.8, 4) is 11.5 Å². The predicted molar refractivity (Wildman–Crippen MR) is 71.1 cm³/mol. The molecule has 0 saturated carbocycles. The number of rotatable bonds is 3. The minimum atomic E-state index is -0.265. The van der Waals surface area contributed by atoms with Crippen molar-refractivity contribution in [2.24, 2.45) is 5.84 Å². The van der Waals surface area contributed by atoms with Crippen molar-refractivity contribution in [1.82, 2.24) is 5.43 Å². The standard InChI is InChI=1S/C14H20N2O3/c1-14(5-2-6-19-14)13(16-15)10-3-4-11-12(9-10)18-8-7-17-11/h3-4,9,13,16H,2,5-8,15H2,1H3. The van der Waals surface area contributed by atoms with Crippen molar-refractivity contribution in [3.05, 3.63) is 23.8 Å². The van der Waals surface area contributed by atoms with Gasteiger partial charge in [-0.15, -0.1) is 0 Å². The monoisotopic (exact) mass is 264 g/mol. The Bertz CT molecular complexity index is 458. The maximum absolute atomic E-state index is 5.88. The first kappa shape index (κ1) is 12.7. The quantitative estimate of drug-likeness (QED) is 0.640. The van der Waals surface area contributed by atoms with E-state index in [2.05, 4.69) is 12.3 Å². The first-order chi connectivity index (χ1) is 9.23. The minimum absolute atomic E-state index is 0.0502. The van der Waals surface area contributed by atoms with Crippen molar-refractivity contribution in [3.63, 3.8) is 0 Å². The largest absolute Gasteiger partial charge is 0.486 e. The van der Waals surface area contributed by atoms with E-state index in [1.165, 1.54) is 0 Å². The van der Waals surface area contributed by atoms with E-state index in [0.29, 0.717) is 13.2 Å². The van der Waals surface area contributed by atoms with Gasteiger partial charge in [0.05, 0.1) is 11.6 Å². The van der Waals surface area contributed by atoms with Gasteiger partial charge >= 0.3 is 0 Å². The molecule has 5 heteroatoms. The van der Waals surface area contributed by atoms with Gasteiger partial charge < -0.3 is 14.2 Å². The van der Waals surface area contributed by atoms with Crippen molar-refractivity contribution in [2.75, 3.05) is 19.8 Å². The van der Waals surface area contributed by atoms with Gasteiger partial charge in [-0.2, -0.15) is 0 Å². The highest BCUT2D eigenvalue weighted by molar-refractivity contribution is 5.45. The van der Waals surface area contributed by atoms with Crippen LogP contribution in [0.15, 0.2) is 18.2 Å². The smallest absolute Gasteiger partial charge is 0.161 e. The normalized spacial score (nSPS) is 27.3. The van der Waals surface area contributed by atoms with Crippen LogP contribution in [-0.4, -0.2) is 25.4 Å². The van der Waals surface area contributed by atoms with Crippen molar-refractivity contribution in [2.45, 2.75) is 31.4 Å². The molecule has 2 aliphatic rings. The summed E-state index contributed by atoms with van der Waals surface area (Å²) in [6.45, 7) is 4.08. The third-order valence-electron chi connectivity index (χ3n) is 3.93. The summed E-state index contributed by atoms with van der Waals surface area (Å²) in [5, 5.41) is 0. The SMILES string of the molecule is CC1(C(NN)c2ccc3c(c2)OCCO3)CCCO1. The molecule has 0 spiro atoms. The molecule has 0 radical (unpaired) electrons. The van der Waals surface area contributed by atoms with Crippen LogP contribution in [0.25, 0.3) is 0 Å². The Labute approximate surface area is 113 Å². The van der Waals surface area contributed by atoms with Crippen LogP contribution in [0.5, 0.6) is 11.5 Å². The molecule has 104 valence electrons. The Morgan fingerprint density at radius 1 is 1.21 bits per heavy atom. The van der Waals surface area contributed by atoms with E-state index in [4.69, 9.17) is 20.1 Å². The van der Waals surface area contributed by atoms with Gasteiger partial charge in [-0.25, -0.2) is 0 Å². The molecule has 0 aromatic heterocycles. The Hall–Kier alpha value is -1.30. The highest BCUT2D eigenvalue weighted by atomic mass is 16.6. The summed E-state index contributed by atoms with van der Waals surface area (Å²) in [6, 6.07) is 5.90. The Morgan fingerprint density at radius 3 is 2.68 bits per heavy atom. The van der Waals surface area contributed by atoms with Crippen molar-refractivity contribution in [1.29, 1.82) is 0 Å². The van der Waals surface area contributed by atoms with Gasteiger partial charge in [-0.3, -0.25) is 11.3 Å². The second-order valence-electron chi connectivity index (χ2n) is 5.27. The highest BCUT2D eigenvalue weighted by Gasteiger charge is 2.39. The Balaban J connectivity index is 1.91. The average molecular weight is 264 g/mol. The molecule has 2 unspecified atom stereocenters. The van der Waals surface area contributed by atoms with Crippen LogP contribution >= 0.6 is 0 Å². The fourth-order valence-corrected chi connectivity index (χ4v) is 2.89. The number of ether oxygens (including phenoxy) is 3. The van der Waals surface area contributed by atoms with E-state index in [0.717, 1.165) is 36.5 Å². The number of nitrogens with two attached hydrogens (primary N) is 1. The van der Waals surface area contributed by atoms with Crippen LogP contribution in [0.4, 0.5) is 0 Å². The molecule has 0 amide bonds. The summed E-state index contributed by atoms with van der Waals surface area (Å²) < 4.78 is 17.0. The molecule has 1 aromatic rings. The molecular weight excluding hydrogens is 244 g/mol. The molecule has 1 aromatic carbocycles. The molecule has 0 aliphatic carbocycles. The zero-order valence-electron chi connectivity index (χ0n) is 11.1. The maximum atomic E-state index is 5.88. The Morgan fingerprint density at radius 2 is 2.00 bits per heavy atom. The van der Waals surface area contributed by atoms with Gasteiger partial charge in [0.15, 0.2) is 11.5 Å². The predicted octanol–water partition coefficient (Wildman–Crippen LogP) is 1.53. The average Bonchev–Trinajstić information content (AvgIpc) is 2.87. The van der Waals surface area contributed by atoms with Gasteiger partial charge in [0, 0.05) is 6.61 Å². The molecule has 3 rings (SSSR count). The summed E-state index contributed by atoms with van der Waals surface area (Å²) >= 11 is 0. The van der Waals surface area contributed by atoms with E-state index in [9.17, 15) is 0 Å². The summed E-state index contributed by atoms with van der Waals surface area (Å²) in [5.41, 5.74) is 3.69. The number of hydrogen-bond acceptors (Lipinski definition) is 5. The van der Waals surface area contributed by atoms with Crippen molar-refractivity contribution < 1.29 is 14.2 Å². The van der Waals surface area contributed by atoms with Gasteiger partial charge in [-0.05, 0) is 37.5 Å². The van der Waals surface area contributed by atoms with Crippen LogP contribution in [0.1, 0.15) is 31.4 Å². The molecule has 5 nitrogen and oxygen atoms in total. The van der Waals surface area contributed by atoms with Gasteiger partial charge in [0.2, 0.25) is 0 Å². The molecule has 2 heterocycles. The summed E-state index contributed by atoms with van der Waals surface area (Å²) in [6.07, 6.45) is 2.07. The van der Waals surface area contributed by atoms with E-state index in [1.54, 1.807) is 0 Å². The van der Waals surface area contributed by atoms with Crippen LogP contribution in [0.3, 0.4) is 0 Å². The number of fused-ring (bicyclic) bond motifs is 1. The zero-order chi connectivity index (χ0) is 13.3. The van der Waals surface area contributed by atoms with Gasteiger partial charge in [0.1, 0.15) is 13.2 Å². The lowest BCUT2D eigenvalue weighted by Crippen LogP contribution is -2.44. The second kappa shape index (κ2) is 5.00. The molecule has 2 aliphatic heterocycles. The third kappa shape index (κ3) is 2.29.